The number of anilines is 1. The van der Waals surface area contributed by atoms with Crippen molar-refractivity contribution in [1.29, 1.82) is 0 Å². The summed E-state index contributed by atoms with van der Waals surface area (Å²) in [4.78, 5) is 12.7. The minimum atomic E-state index is -0.293. The maximum Gasteiger partial charge on any atom is 0.191 e. The molecule has 2 aliphatic carbocycles. The Hall–Kier alpha value is -1.27. The van der Waals surface area contributed by atoms with Gasteiger partial charge in [-0.05, 0) is 54.7 Å². The number of thiocarbonyl (C=S) groups is 1. The molecule has 3 rings (SSSR count). The molecule has 0 saturated heterocycles. The number of ketones is 1. The van der Waals surface area contributed by atoms with E-state index in [-0.39, 0.29) is 22.5 Å². The summed E-state index contributed by atoms with van der Waals surface area (Å²) in [5.41, 5.74) is 4.02. The maximum atomic E-state index is 12.7. The Bertz CT molecular complexity index is 698. The van der Waals surface area contributed by atoms with Crippen molar-refractivity contribution in [2.24, 2.45) is 21.8 Å². The quantitative estimate of drug-likeness (QED) is 0.586. The third-order valence-corrected chi connectivity index (χ3v) is 6.39. The van der Waals surface area contributed by atoms with Gasteiger partial charge in [0.25, 0.3) is 0 Å². The normalized spacial score (nSPS) is 29.8. The Balaban J connectivity index is 1.70. The van der Waals surface area contributed by atoms with Crippen LogP contribution in [0.2, 0.25) is 0 Å². The van der Waals surface area contributed by atoms with Gasteiger partial charge in [-0.2, -0.15) is 5.10 Å². The molecule has 0 unspecified atom stereocenters. The second kappa shape index (κ2) is 5.67. The van der Waals surface area contributed by atoms with Crippen LogP contribution in [0.15, 0.2) is 33.8 Å². The van der Waals surface area contributed by atoms with Gasteiger partial charge in [0.2, 0.25) is 0 Å². The highest BCUT2D eigenvalue weighted by molar-refractivity contribution is 9.10. The molecule has 122 valence electrons. The highest BCUT2D eigenvalue weighted by atomic mass is 79.9. The molecule has 2 bridgehead atoms. The molecule has 0 amide bonds. The number of hydrogen-bond acceptors (Lipinski definition) is 3. The van der Waals surface area contributed by atoms with E-state index in [4.69, 9.17) is 12.2 Å². The second-order valence-electron chi connectivity index (χ2n) is 7.04. The van der Waals surface area contributed by atoms with E-state index in [2.05, 4.69) is 52.5 Å². The summed E-state index contributed by atoms with van der Waals surface area (Å²) in [6.07, 6.45) is 1.97. The molecule has 4 nitrogen and oxygen atoms in total. The summed E-state index contributed by atoms with van der Waals surface area (Å²) in [5.74, 6) is 0.376. The number of nitrogens with one attached hydrogen (secondary N) is 2. The third kappa shape index (κ3) is 2.62. The van der Waals surface area contributed by atoms with Crippen molar-refractivity contribution in [3.8, 4) is 0 Å². The fraction of sp³-hybridized carbons (Fsp3) is 0.471. The van der Waals surface area contributed by atoms with Crippen LogP contribution in [-0.2, 0) is 4.79 Å². The van der Waals surface area contributed by atoms with Crippen LogP contribution in [0.1, 0.15) is 33.6 Å². The average molecular weight is 394 g/mol. The fourth-order valence-electron chi connectivity index (χ4n) is 3.76. The molecule has 2 atom stereocenters. The lowest BCUT2D eigenvalue weighted by Gasteiger charge is -2.31. The number of fused-ring (bicyclic) bond motifs is 2. The Morgan fingerprint density at radius 2 is 1.96 bits per heavy atom. The van der Waals surface area contributed by atoms with Crippen molar-refractivity contribution < 1.29 is 4.79 Å². The van der Waals surface area contributed by atoms with Gasteiger partial charge in [0.05, 0.1) is 0 Å². The van der Waals surface area contributed by atoms with Crippen LogP contribution in [0, 0.1) is 16.7 Å². The highest BCUT2D eigenvalue weighted by Crippen LogP contribution is 2.62. The first kappa shape index (κ1) is 16.6. The van der Waals surface area contributed by atoms with Crippen molar-refractivity contribution in [1.82, 2.24) is 5.43 Å². The zero-order valence-electron chi connectivity index (χ0n) is 13.4. The largest absolute Gasteiger partial charge is 0.331 e. The summed E-state index contributed by atoms with van der Waals surface area (Å²) >= 11 is 8.65. The van der Waals surface area contributed by atoms with E-state index < -0.39 is 0 Å². The first-order chi connectivity index (χ1) is 10.8. The highest BCUT2D eigenvalue weighted by Gasteiger charge is 2.65. The van der Waals surface area contributed by atoms with E-state index >= 15 is 0 Å². The van der Waals surface area contributed by atoms with Crippen LogP contribution in [0.25, 0.3) is 0 Å². The Labute approximate surface area is 150 Å². The van der Waals surface area contributed by atoms with Crippen LogP contribution < -0.4 is 10.7 Å². The molecule has 0 aromatic heterocycles. The minimum absolute atomic E-state index is 0.0364. The van der Waals surface area contributed by atoms with Gasteiger partial charge in [0, 0.05) is 21.5 Å². The van der Waals surface area contributed by atoms with Gasteiger partial charge in [-0.25, -0.2) is 0 Å². The molecule has 2 saturated carbocycles. The van der Waals surface area contributed by atoms with Crippen molar-refractivity contribution in [2.45, 2.75) is 33.6 Å². The van der Waals surface area contributed by atoms with Crippen LogP contribution in [0.3, 0.4) is 0 Å². The number of rotatable bonds is 2. The SMILES string of the molecule is CC1(C)[C@@H]2CC[C@]1(C)C(=O)/C2=N\NC(=S)Nc1ccc(Br)cc1. The van der Waals surface area contributed by atoms with E-state index in [1.807, 2.05) is 24.3 Å². The third-order valence-electron chi connectivity index (χ3n) is 5.67. The van der Waals surface area contributed by atoms with Crippen LogP contribution >= 0.6 is 28.1 Å². The Morgan fingerprint density at radius 1 is 1.30 bits per heavy atom. The Kier molecular flexibility index (Phi) is 4.09. The topological polar surface area (TPSA) is 53.5 Å². The zero-order chi connectivity index (χ0) is 16.8. The molecule has 2 N–H and O–H groups in total. The van der Waals surface area contributed by atoms with Crippen molar-refractivity contribution >= 4 is 50.4 Å². The molecule has 0 aliphatic heterocycles. The minimum Gasteiger partial charge on any atom is -0.331 e. The summed E-state index contributed by atoms with van der Waals surface area (Å²) in [6.45, 7) is 6.41. The molecule has 6 heteroatoms. The maximum absolute atomic E-state index is 12.7. The number of Topliss-reactive ketones (excluding diaryl/α,β-unsaturated/α-hetero) is 1. The monoisotopic (exact) mass is 393 g/mol. The number of halogens is 1. The summed E-state index contributed by atoms with van der Waals surface area (Å²) in [5, 5.41) is 7.80. The van der Waals surface area contributed by atoms with Gasteiger partial charge in [0.15, 0.2) is 10.9 Å². The van der Waals surface area contributed by atoms with Gasteiger partial charge in [-0.3, -0.25) is 10.2 Å². The van der Waals surface area contributed by atoms with Crippen molar-refractivity contribution in [3.05, 3.63) is 28.7 Å². The molecule has 2 fully saturated rings. The fourth-order valence-corrected chi connectivity index (χ4v) is 4.19. The molecule has 1 aromatic carbocycles. The van der Waals surface area contributed by atoms with Gasteiger partial charge < -0.3 is 5.32 Å². The molecular formula is C17H20BrN3OS. The number of hydrazone groups is 1. The van der Waals surface area contributed by atoms with Crippen molar-refractivity contribution in [3.63, 3.8) is 0 Å². The standard InChI is InChI=1S/C17H20BrN3OS/c1-16(2)12-8-9-17(16,3)14(22)13(12)20-21-15(23)19-11-6-4-10(18)5-7-11/h4-7,12H,8-9H2,1-3H3,(H2,19,21,23)/b20-13-/t12-,17-/m1/s1. The first-order valence-corrected chi connectivity index (χ1v) is 8.91. The number of nitrogens with zero attached hydrogens (tertiary/aromatic N) is 1. The Morgan fingerprint density at radius 3 is 2.52 bits per heavy atom. The second-order valence-corrected chi connectivity index (χ2v) is 8.37. The number of hydrogen-bond donors (Lipinski definition) is 2. The summed E-state index contributed by atoms with van der Waals surface area (Å²) < 4.78 is 1.00. The lowest BCUT2D eigenvalue weighted by Crippen LogP contribution is -2.34. The lowest BCUT2D eigenvalue weighted by atomic mass is 9.70. The molecular weight excluding hydrogens is 374 g/mol. The van der Waals surface area contributed by atoms with Crippen molar-refractivity contribution in [2.75, 3.05) is 5.32 Å². The van der Waals surface area contributed by atoms with E-state index in [1.165, 1.54) is 0 Å². The average Bonchev–Trinajstić information content (AvgIpc) is 2.80. The van der Waals surface area contributed by atoms with Gasteiger partial charge in [-0.1, -0.05) is 36.7 Å². The molecule has 2 aliphatic rings. The molecule has 0 heterocycles. The van der Waals surface area contributed by atoms with E-state index in [0.717, 1.165) is 23.0 Å². The predicted molar refractivity (Wildman–Crippen MR) is 101 cm³/mol. The predicted octanol–water partition coefficient (Wildman–Crippen LogP) is 4.12. The summed E-state index contributed by atoms with van der Waals surface area (Å²) in [6, 6.07) is 7.69. The van der Waals surface area contributed by atoms with Crippen LogP contribution in [0.4, 0.5) is 5.69 Å². The molecule has 1 aromatic rings. The zero-order valence-corrected chi connectivity index (χ0v) is 15.8. The van der Waals surface area contributed by atoms with Gasteiger partial charge >= 0.3 is 0 Å². The van der Waals surface area contributed by atoms with E-state index in [1.54, 1.807) is 0 Å². The summed E-state index contributed by atoms with van der Waals surface area (Å²) in [7, 11) is 0. The molecule has 0 radical (unpaired) electrons. The smallest absolute Gasteiger partial charge is 0.191 e. The number of carbonyl (C=O) groups is 1. The van der Waals surface area contributed by atoms with Crippen LogP contribution in [-0.4, -0.2) is 16.6 Å². The van der Waals surface area contributed by atoms with Gasteiger partial charge in [-0.15, -0.1) is 0 Å². The van der Waals surface area contributed by atoms with E-state index in [0.29, 0.717) is 10.8 Å². The first-order valence-electron chi connectivity index (χ1n) is 7.70. The molecule has 23 heavy (non-hydrogen) atoms. The van der Waals surface area contributed by atoms with E-state index in [9.17, 15) is 4.79 Å². The van der Waals surface area contributed by atoms with Gasteiger partial charge in [0.1, 0.15) is 5.71 Å². The number of benzene rings is 1. The van der Waals surface area contributed by atoms with Crippen LogP contribution in [0.5, 0.6) is 0 Å². The molecule has 0 spiro atoms. The lowest BCUT2D eigenvalue weighted by molar-refractivity contribution is -0.123. The number of carbonyl (C=O) groups excluding carboxylic acids is 1.